The summed E-state index contributed by atoms with van der Waals surface area (Å²) >= 11 is 2.02. The Bertz CT molecular complexity index is 558. The normalized spacial score (nSPS) is 11.6. The fourth-order valence-electron chi connectivity index (χ4n) is 1.56. The Labute approximate surface area is 115 Å². The van der Waals surface area contributed by atoms with Crippen molar-refractivity contribution in [3.63, 3.8) is 0 Å². The Balaban J connectivity index is 2.43. The van der Waals surface area contributed by atoms with E-state index in [9.17, 15) is 17.6 Å². The molecule has 0 radical (unpaired) electrons. The molecule has 0 fully saturated rings. The van der Waals surface area contributed by atoms with Crippen molar-refractivity contribution in [2.75, 3.05) is 0 Å². The van der Waals surface area contributed by atoms with Crippen molar-refractivity contribution in [3.8, 4) is 11.1 Å². The largest absolute Gasteiger partial charge is 0.416 e. The van der Waals surface area contributed by atoms with E-state index < -0.39 is 17.6 Å². The van der Waals surface area contributed by atoms with E-state index >= 15 is 0 Å². The molecule has 0 saturated heterocycles. The highest BCUT2D eigenvalue weighted by Gasteiger charge is 2.30. The first-order chi connectivity index (χ1) is 8.38. The number of benzene rings is 2. The van der Waals surface area contributed by atoms with Crippen LogP contribution < -0.4 is 0 Å². The summed E-state index contributed by atoms with van der Waals surface area (Å²) in [5.74, 6) is -0.449. The maximum Gasteiger partial charge on any atom is 0.416 e. The minimum atomic E-state index is -4.37. The molecular formula is C13H7F4I. The first-order valence-electron chi connectivity index (χ1n) is 5.00. The summed E-state index contributed by atoms with van der Waals surface area (Å²) in [6.45, 7) is 0. The van der Waals surface area contributed by atoms with Gasteiger partial charge in [-0.1, -0.05) is 12.1 Å². The van der Waals surface area contributed by atoms with Gasteiger partial charge in [0, 0.05) is 9.13 Å². The van der Waals surface area contributed by atoms with Gasteiger partial charge in [-0.3, -0.25) is 0 Å². The smallest absolute Gasteiger partial charge is 0.206 e. The first kappa shape index (κ1) is 13.3. The molecular weight excluding hydrogens is 359 g/mol. The SMILES string of the molecule is Fc1ccc(I)cc1-c1ccc(C(F)(F)F)cc1. The van der Waals surface area contributed by atoms with E-state index in [1.807, 2.05) is 22.6 Å². The summed E-state index contributed by atoms with van der Waals surface area (Å²) in [5, 5.41) is 0. The van der Waals surface area contributed by atoms with E-state index in [4.69, 9.17) is 0 Å². The topological polar surface area (TPSA) is 0 Å². The summed E-state index contributed by atoms with van der Waals surface area (Å²) in [4.78, 5) is 0. The van der Waals surface area contributed by atoms with Gasteiger partial charge in [0.15, 0.2) is 0 Å². The first-order valence-corrected chi connectivity index (χ1v) is 6.08. The second-order valence-electron chi connectivity index (χ2n) is 3.70. The molecule has 0 bridgehead atoms. The Hall–Kier alpha value is -1.11. The molecule has 2 aromatic carbocycles. The van der Waals surface area contributed by atoms with E-state index in [1.165, 1.54) is 18.2 Å². The van der Waals surface area contributed by atoms with Crippen LogP contribution in [0.5, 0.6) is 0 Å². The fourth-order valence-corrected chi connectivity index (χ4v) is 2.05. The Kier molecular flexibility index (Phi) is 3.61. The average molecular weight is 366 g/mol. The third-order valence-corrected chi connectivity index (χ3v) is 3.12. The van der Waals surface area contributed by atoms with Crippen molar-refractivity contribution >= 4 is 22.6 Å². The predicted octanol–water partition coefficient (Wildman–Crippen LogP) is 5.12. The van der Waals surface area contributed by atoms with Crippen molar-refractivity contribution in [1.82, 2.24) is 0 Å². The quantitative estimate of drug-likeness (QED) is 0.486. The lowest BCUT2D eigenvalue weighted by atomic mass is 10.0. The number of hydrogen-bond acceptors (Lipinski definition) is 0. The van der Waals surface area contributed by atoms with Crippen molar-refractivity contribution in [1.29, 1.82) is 0 Å². The van der Waals surface area contributed by atoms with Crippen molar-refractivity contribution < 1.29 is 17.6 Å². The van der Waals surface area contributed by atoms with Gasteiger partial charge < -0.3 is 0 Å². The van der Waals surface area contributed by atoms with E-state index in [0.717, 1.165) is 15.7 Å². The summed E-state index contributed by atoms with van der Waals surface area (Å²) in [5.41, 5.74) is -0.00748. The maximum absolute atomic E-state index is 13.6. The molecule has 0 amide bonds. The zero-order valence-electron chi connectivity index (χ0n) is 8.93. The molecule has 2 aromatic rings. The average Bonchev–Trinajstić information content (AvgIpc) is 2.31. The van der Waals surface area contributed by atoms with Crippen LogP contribution in [0.1, 0.15) is 5.56 Å². The van der Waals surface area contributed by atoms with E-state index in [0.29, 0.717) is 11.1 Å². The van der Waals surface area contributed by atoms with Crippen LogP contribution in [0.25, 0.3) is 11.1 Å². The molecule has 0 aliphatic rings. The van der Waals surface area contributed by atoms with Crippen LogP contribution in [0.3, 0.4) is 0 Å². The van der Waals surface area contributed by atoms with Crippen LogP contribution in [-0.4, -0.2) is 0 Å². The van der Waals surface area contributed by atoms with Crippen LogP contribution in [0.4, 0.5) is 17.6 Å². The summed E-state index contributed by atoms with van der Waals surface area (Å²) in [7, 11) is 0. The third-order valence-electron chi connectivity index (χ3n) is 2.45. The van der Waals surface area contributed by atoms with Gasteiger partial charge in [-0.15, -0.1) is 0 Å². The van der Waals surface area contributed by atoms with Crippen molar-refractivity contribution in [3.05, 3.63) is 57.4 Å². The molecule has 0 nitrogen and oxygen atoms in total. The summed E-state index contributed by atoms with van der Waals surface area (Å²) < 4.78 is 51.6. The molecule has 0 aliphatic heterocycles. The lowest BCUT2D eigenvalue weighted by Gasteiger charge is -2.08. The molecule has 0 unspecified atom stereocenters. The molecule has 5 heteroatoms. The van der Waals surface area contributed by atoms with Crippen LogP contribution >= 0.6 is 22.6 Å². The van der Waals surface area contributed by atoms with Gasteiger partial charge in [-0.2, -0.15) is 13.2 Å². The van der Waals surface area contributed by atoms with Crippen LogP contribution in [0.2, 0.25) is 0 Å². The van der Waals surface area contributed by atoms with Crippen molar-refractivity contribution in [2.45, 2.75) is 6.18 Å². The molecule has 0 heterocycles. The molecule has 0 spiro atoms. The van der Waals surface area contributed by atoms with Crippen molar-refractivity contribution in [2.24, 2.45) is 0 Å². The zero-order valence-corrected chi connectivity index (χ0v) is 11.1. The lowest BCUT2D eigenvalue weighted by molar-refractivity contribution is -0.137. The minimum absolute atomic E-state index is 0.302. The molecule has 0 aliphatic carbocycles. The molecule has 18 heavy (non-hydrogen) atoms. The highest BCUT2D eigenvalue weighted by Crippen LogP contribution is 2.31. The maximum atomic E-state index is 13.6. The Morgan fingerprint density at radius 2 is 1.50 bits per heavy atom. The van der Waals surface area contributed by atoms with Gasteiger partial charge in [-0.25, -0.2) is 4.39 Å². The second kappa shape index (κ2) is 4.87. The van der Waals surface area contributed by atoms with E-state index in [-0.39, 0.29) is 0 Å². The Morgan fingerprint density at radius 3 is 2.06 bits per heavy atom. The molecule has 0 atom stereocenters. The van der Waals surface area contributed by atoms with Gasteiger partial charge in [-0.05, 0) is 58.5 Å². The van der Waals surface area contributed by atoms with E-state index in [2.05, 4.69) is 0 Å². The van der Waals surface area contributed by atoms with Crippen LogP contribution in [0, 0.1) is 9.39 Å². The third kappa shape index (κ3) is 2.82. The van der Waals surface area contributed by atoms with Gasteiger partial charge in [0.25, 0.3) is 0 Å². The zero-order chi connectivity index (χ0) is 13.3. The predicted molar refractivity (Wildman–Crippen MR) is 69.6 cm³/mol. The number of halogens is 5. The summed E-state index contributed by atoms with van der Waals surface area (Å²) in [6, 6.07) is 8.95. The lowest BCUT2D eigenvalue weighted by Crippen LogP contribution is -2.04. The number of alkyl halides is 3. The fraction of sp³-hybridized carbons (Fsp3) is 0.0769. The molecule has 2 rings (SSSR count). The molecule has 0 aromatic heterocycles. The monoisotopic (exact) mass is 366 g/mol. The standard InChI is InChI=1S/C13H7F4I/c14-12-6-5-10(18)7-11(12)8-1-3-9(4-2-8)13(15,16)17/h1-7H. The highest BCUT2D eigenvalue weighted by atomic mass is 127. The molecule has 0 N–H and O–H groups in total. The van der Waals surface area contributed by atoms with Gasteiger partial charge in [0.05, 0.1) is 5.56 Å². The highest BCUT2D eigenvalue weighted by molar-refractivity contribution is 14.1. The second-order valence-corrected chi connectivity index (χ2v) is 4.94. The van der Waals surface area contributed by atoms with Gasteiger partial charge in [0.1, 0.15) is 5.82 Å². The Morgan fingerprint density at radius 1 is 0.889 bits per heavy atom. The van der Waals surface area contributed by atoms with Crippen LogP contribution in [-0.2, 0) is 6.18 Å². The number of hydrogen-bond donors (Lipinski definition) is 0. The molecule has 94 valence electrons. The van der Waals surface area contributed by atoms with Gasteiger partial charge in [0.2, 0.25) is 0 Å². The summed E-state index contributed by atoms with van der Waals surface area (Å²) in [6.07, 6.45) is -4.37. The number of rotatable bonds is 1. The molecule has 0 saturated carbocycles. The van der Waals surface area contributed by atoms with Crippen LogP contribution in [0.15, 0.2) is 42.5 Å². The minimum Gasteiger partial charge on any atom is -0.206 e. The van der Waals surface area contributed by atoms with Gasteiger partial charge >= 0.3 is 6.18 Å². The van der Waals surface area contributed by atoms with E-state index in [1.54, 1.807) is 12.1 Å².